The van der Waals surface area contributed by atoms with E-state index in [9.17, 15) is 9.59 Å². The Kier molecular flexibility index (Phi) is 14.5. The first-order chi connectivity index (χ1) is 11.5. The van der Waals surface area contributed by atoms with Crippen LogP contribution in [0.2, 0.25) is 0 Å². The number of rotatable bonds is 15. The zero-order valence-corrected chi connectivity index (χ0v) is 15.4. The van der Waals surface area contributed by atoms with Crippen molar-refractivity contribution in [2.24, 2.45) is 0 Å². The van der Waals surface area contributed by atoms with Crippen LogP contribution in [0, 0.1) is 0 Å². The molecular weight excluding hydrogens is 316 g/mol. The molecule has 0 saturated heterocycles. The summed E-state index contributed by atoms with van der Waals surface area (Å²) in [6.45, 7) is 8.11. The summed E-state index contributed by atoms with van der Waals surface area (Å²) in [5.74, 6) is 0.0135. The summed E-state index contributed by atoms with van der Waals surface area (Å²) in [7, 11) is 3.21. The predicted octanol–water partition coefficient (Wildman–Crippen LogP) is 0.00940. The highest BCUT2D eigenvalue weighted by Crippen LogP contribution is 1.92. The number of methoxy groups -OCH3 is 2. The molecule has 0 saturated carbocycles. The molecule has 0 aromatic carbocycles. The topological polar surface area (TPSA) is 77.5 Å². The second-order valence-electron chi connectivity index (χ2n) is 5.22. The molecule has 0 bridgehead atoms. The van der Waals surface area contributed by atoms with Crippen LogP contribution >= 0.6 is 0 Å². The third kappa shape index (κ3) is 12.2. The maximum atomic E-state index is 11.4. The van der Waals surface area contributed by atoms with Crippen LogP contribution < -0.4 is 0 Å². The molecule has 0 spiro atoms. The third-order valence-corrected chi connectivity index (χ3v) is 3.40. The lowest BCUT2D eigenvalue weighted by molar-refractivity contribution is -0.131. The number of hydrogen-bond donors (Lipinski definition) is 0. The van der Waals surface area contributed by atoms with Gasteiger partial charge in [0.05, 0.1) is 39.6 Å². The Balaban J connectivity index is 3.64. The molecular formula is C16H32N2O6. The van der Waals surface area contributed by atoms with Gasteiger partial charge in [-0.05, 0) is 0 Å². The molecule has 0 N–H and O–H groups in total. The summed E-state index contributed by atoms with van der Waals surface area (Å²) in [5, 5.41) is 0. The lowest BCUT2D eigenvalue weighted by Crippen LogP contribution is -2.35. The van der Waals surface area contributed by atoms with E-state index in [1.165, 1.54) is 13.8 Å². The highest BCUT2D eigenvalue weighted by Gasteiger charge is 2.08. The fourth-order valence-corrected chi connectivity index (χ4v) is 1.93. The highest BCUT2D eigenvalue weighted by molar-refractivity contribution is 5.73. The van der Waals surface area contributed by atoms with Gasteiger partial charge in [-0.3, -0.25) is 9.59 Å². The van der Waals surface area contributed by atoms with Crippen molar-refractivity contribution in [1.82, 2.24) is 9.80 Å². The molecule has 0 aliphatic carbocycles. The van der Waals surface area contributed by atoms with Gasteiger partial charge in [-0.1, -0.05) is 0 Å². The molecule has 24 heavy (non-hydrogen) atoms. The van der Waals surface area contributed by atoms with Crippen LogP contribution in [0.1, 0.15) is 13.8 Å². The lowest BCUT2D eigenvalue weighted by Gasteiger charge is -2.21. The average Bonchev–Trinajstić information content (AvgIpc) is 2.54. The van der Waals surface area contributed by atoms with Crippen molar-refractivity contribution in [3.8, 4) is 0 Å². The SMILES string of the molecule is COCCN(CCOCCOCCN(CCOC)C(C)=O)C(C)=O. The maximum absolute atomic E-state index is 11.4. The average molecular weight is 348 g/mol. The van der Waals surface area contributed by atoms with E-state index in [4.69, 9.17) is 18.9 Å². The van der Waals surface area contributed by atoms with Crippen LogP contribution in [0.25, 0.3) is 0 Å². The van der Waals surface area contributed by atoms with Crippen molar-refractivity contribution in [2.45, 2.75) is 13.8 Å². The monoisotopic (exact) mass is 348 g/mol. The first kappa shape index (κ1) is 22.8. The molecule has 2 amide bonds. The number of nitrogens with zero attached hydrogens (tertiary/aromatic N) is 2. The molecule has 8 nitrogen and oxygen atoms in total. The van der Waals surface area contributed by atoms with Crippen molar-refractivity contribution in [2.75, 3.05) is 80.0 Å². The Bertz CT molecular complexity index is 309. The summed E-state index contributed by atoms with van der Waals surface area (Å²) < 4.78 is 20.8. The van der Waals surface area contributed by atoms with Crippen molar-refractivity contribution >= 4 is 11.8 Å². The second-order valence-corrected chi connectivity index (χ2v) is 5.22. The van der Waals surface area contributed by atoms with E-state index in [0.717, 1.165) is 0 Å². The van der Waals surface area contributed by atoms with Crippen LogP contribution in [0.5, 0.6) is 0 Å². The quantitative estimate of drug-likeness (QED) is 0.388. The van der Waals surface area contributed by atoms with Crippen LogP contribution in [-0.4, -0.2) is 102 Å². The first-order valence-electron chi connectivity index (χ1n) is 8.17. The minimum Gasteiger partial charge on any atom is -0.383 e. The molecule has 0 fully saturated rings. The first-order valence-corrected chi connectivity index (χ1v) is 8.17. The van der Waals surface area contributed by atoms with Gasteiger partial charge in [0.15, 0.2) is 0 Å². The Hall–Kier alpha value is -1.22. The van der Waals surface area contributed by atoms with Crippen LogP contribution in [0.15, 0.2) is 0 Å². The molecule has 0 heterocycles. The Morgan fingerprint density at radius 2 is 0.958 bits per heavy atom. The van der Waals surface area contributed by atoms with E-state index in [0.29, 0.717) is 65.8 Å². The molecule has 0 unspecified atom stereocenters. The molecule has 0 aromatic rings. The fraction of sp³-hybridized carbons (Fsp3) is 0.875. The summed E-state index contributed by atoms with van der Waals surface area (Å²) in [6.07, 6.45) is 0. The zero-order chi connectivity index (χ0) is 18.2. The van der Waals surface area contributed by atoms with Crippen molar-refractivity contribution in [3.05, 3.63) is 0 Å². The van der Waals surface area contributed by atoms with Gasteiger partial charge < -0.3 is 28.7 Å². The van der Waals surface area contributed by atoms with Gasteiger partial charge in [0, 0.05) is 54.2 Å². The van der Waals surface area contributed by atoms with Crippen molar-refractivity contribution in [1.29, 1.82) is 0 Å². The molecule has 0 radical (unpaired) electrons. The number of hydrogen-bond acceptors (Lipinski definition) is 6. The molecule has 8 heteroatoms. The van der Waals surface area contributed by atoms with Gasteiger partial charge in [-0.25, -0.2) is 0 Å². The zero-order valence-electron chi connectivity index (χ0n) is 15.4. The molecule has 0 rings (SSSR count). The molecule has 0 atom stereocenters. The molecule has 0 aliphatic heterocycles. The Labute approximate surface area is 145 Å². The molecule has 0 aromatic heterocycles. The summed E-state index contributed by atoms with van der Waals surface area (Å²) in [5.41, 5.74) is 0. The van der Waals surface area contributed by atoms with E-state index in [2.05, 4.69) is 0 Å². The second kappa shape index (κ2) is 15.3. The van der Waals surface area contributed by atoms with Gasteiger partial charge in [0.2, 0.25) is 11.8 Å². The maximum Gasteiger partial charge on any atom is 0.219 e. The minimum atomic E-state index is 0.00674. The van der Waals surface area contributed by atoms with Gasteiger partial charge in [-0.2, -0.15) is 0 Å². The lowest BCUT2D eigenvalue weighted by atomic mass is 10.4. The predicted molar refractivity (Wildman–Crippen MR) is 89.9 cm³/mol. The number of carbonyl (C=O) groups excluding carboxylic acids is 2. The number of ether oxygens (including phenoxy) is 4. The summed E-state index contributed by atoms with van der Waals surface area (Å²) >= 11 is 0. The van der Waals surface area contributed by atoms with E-state index < -0.39 is 0 Å². The number of carbonyl (C=O) groups is 2. The Morgan fingerprint density at radius 3 is 1.25 bits per heavy atom. The van der Waals surface area contributed by atoms with E-state index in [1.807, 2.05) is 0 Å². The summed E-state index contributed by atoms with van der Waals surface area (Å²) in [4.78, 5) is 26.2. The van der Waals surface area contributed by atoms with Gasteiger partial charge in [0.25, 0.3) is 0 Å². The fourth-order valence-electron chi connectivity index (χ4n) is 1.93. The number of amides is 2. The highest BCUT2D eigenvalue weighted by atomic mass is 16.5. The molecule has 0 aliphatic rings. The van der Waals surface area contributed by atoms with E-state index in [-0.39, 0.29) is 11.8 Å². The normalized spacial score (nSPS) is 10.7. The van der Waals surface area contributed by atoms with E-state index >= 15 is 0 Å². The van der Waals surface area contributed by atoms with Crippen LogP contribution in [0.3, 0.4) is 0 Å². The summed E-state index contributed by atoms with van der Waals surface area (Å²) in [6, 6.07) is 0. The van der Waals surface area contributed by atoms with Crippen molar-refractivity contribution < 1.29 is 28.5 Å². The van der Waals surface area contributed by atoms with Gasteiger partial charge >= 0.3 is 0 Å². The van der Waals surface area contributed by atoms with Crippen molar-refractivity contribution in [3.63, 3.8) is 0 Å². The standard InChI is InChI=1S/C16H32N2O6/c1-15(19)17(5-9-21-3)7-11-23-13-14-24-12-8-18(16(2)20)6-10-22-4/h5-14H2,1-4H3. The van der Waals surface area contributed by atoms with E-state index in [1.54, 1.807) is 24.0 Å². The minimum absolute atomic E-state index is 0.00674. The van der Waals surface area contributed by atoms with Gasteiger partial charge in [-0.15, -0.1) is 0 Å². The Morgan fingerprint density at radius 1 is 0.625 bits per heavy atom. The molecule has 142 valence electrons. The largest absolute Gasteiger partial charge is 0.383 e. The smallest absolute Gasteiger partial charge is 0.219 e. The van der Waals surface area contributed by atoms with Crippen LogP contribution in [-0.2, 0) is 28.5 Å². The van der Waals surface area contributed by atoms with Gasteiger partial charge in [0.1, 0.15) is 0 Å². The third-order valence-electron chi connectivity index (χ3n) is 3.40. The van der Waals surface area contributed by atoms with Crippen LogP contribution in [0.4, 0.5) is 0 Å².